The first-order valence-corrected chi connectivity index (χ1v) is 4.94. The lowest BCUT2D eigenvalue weighted by Crippen LogP contribution is -3.00. The summed E-state index contributed by atoms with van der Waals surface area (Å²) in [6.45, 7) is 5.60. The highest BCUT2D eigenvalue weighted by molar-refractivity contribution is 4.76. The van der Waals surface area contributed by atoms with E-state index < -0.39 is 0 Å². The number of hydrogen-bond donors (Lipinski definition) is 1. The predicted molar refractivity (Wildman–Crippen MR) is 49.9 cm³/mol. The maximum absolute atomic E-state index is 3.28. The molecule has 0 bridgehead atoms. The summed E-state index contributed by atoms with van der Waals surface area (Å²) in [7, 11) is 0. The van der Waals surface area contributed by atoms with E-state index in [-0.39, 0.29) is 12.4 Å². The van der Waals surface area contributed by atoms with Gasteiger partial charge in [-0.15, -0.1) is 0 Å². The van der Waals surface area contributed by atoms with Crippen LogP contribution < -0.4 is 17.0 Å². The van der Waals surface area contributed by atoms with Gasteiger partial charge in [-0.3, -0.25) is 0 Å². The van der Waals surface area contributed by atoms with Gasteiger partial charge in [0.05, 0.1) is 6.54 Å². The zero-order valence-electron chi connectivity index (χ0n) is 8.52. The van der Waals surface area contributed by atoms with Crippen LogP contribution in [0.1, 0.15) is 38.9 Å². The van der Waals surface area contributed by atoms with Crippen LogP contribution in [0.2, 0.25) is 0 Å². The number of nitrogens with zero attached hydrogens (tertiary/aromatic N) is 1. The Morgan fingerprint density at radius 3 is 2.69 bits per heavy atom. The normalized spacial score (nSPS) is 9.69. The van der Waals surface area contributed by atoms with Gasteiger partial charge < -0.3 is 12.4 Å². The van der Waals surface area contributed by atoms with Gasteiger partial charge in [-0.25, -0.2) is 9.55 Å². The third-order valence-electron chi connectivity index (χ3n) is 2.09. The van der Waals surface area contributed by atoms with E-state index in [0.717, 1.165) is 13.0 Å². The summed E-state index contributed by atoms with van der Waals surface area (Å²) >= 11 is 0. The lowest BCUT2D eigenvalue weighted by molar-refractivity contribution is -0.703. The number of nitrogens with one attached hydrogen (secondary N) is 1. The fourth-order valence-electron chi connectivity index (χ4n) is 1.39. The summed E-state index contributed by atoms with van der Waals surface area (Å²) in [5, 5.41) is 0. The minimum absolute atomic E-state index is 0. The number of halogens is 1. The first kappa shape index (κ1) is 12.5. The molecule has 2 nitrogen and oxygen atoms in total. The van der Waals surface area contributed by atoms with E-state index in [2.05, 4.69) is 29.6 Å². The SMILES string of the molecule is CCCC[n+]1cc[nH]c1CCC.[Cl-]. The van der Waals surface area contributed by atoms with Gasteiger partial charge in [-0.1, -0.05) is 20.3 Å². The molecule has 0 aromatic carbocycles. The number of aromatic nitrogens is 2. The Bertz CT molecular complexity index is 220. The molecule has 0 saturated heterocycles. The van der Waals surface area contributed by atoms with E-state index in [9.17, 15) is 0 Å². The predicted octanol–water partition coefficient (Wildman–Crippen LogP) is -0.941. The lowest BCUT2D eigenvalue weighted by atomic mass is 10.3. The van der Waals surface area contributed by atoms with Crippen LogP contribution in [0.4, 0.5) is 0 Å². The van der Waals surface area contributed by atoms with Gasteiger partial charge >= 0.3 is 0 Å². The molecule has 0 fully saturated rings. The smallest absolute Gasteiger partial charge is 0.254 e. The fourth-order valence-corrected chi connectivity index (χ4v) is 1.39. The Kier molecular flexibility index (Phi) is 6.69. The van der Waals surface area contributed by atoms with Gasteiger partial charge in [0.25, 0.3) is 5.82 Å². The molecule has 0 amide bonds. The Morgan fingerprint density at radius 2 is 2.08 bits per heavy atom. The number of imidazole rings is 1. The summed E-state index contributed by atoms with van der Waals surface area (Å²) in [5.74, 6) is 1.37. The molecule has 0 saturated carbocycles. The molecule has 3 heteroatoms. The zero-order chi connectivity index (χ0) is 8.81. The van der Waals surface area contributed by atoms with Gasteiger partial charge in [0.1, 0.15) is 12.4 Å². The average Bonchev–Trinajstić information content (AvgIpc) is 2.50. The molecule has 0 aliphatic carbocycles. The molecule has 1 aromatic rings. The van der Waals surface area contributed by atoms with Gasteiger partial charge in [-0.05, 0) is 12.8 Å². The van der Waals surface area contributed by atoms with Crippen LogP contribution >= 0.6 is 0 Å². The molecular weight excluding hydrogens is 184 g/mol. The molecular formula is C10H19ClN2. The van der Waals surface area contributed by atoms with Crippen LogP contribution in [0, 0.1) is 0 Å². The van der Waals surface area contributed by atoms with Crippen LogP contribution in [-0.2, 0) is 13.0 Å². The summed E-state index contributed by atoms with van der Waals surface area (Å²) in [6, 6.07) is 0. The van der Waals surface area contributed by atoms with E-state index >= 15 is 0 Å². The second-order valence-corrected chi connectivity index (χ2v) is 3.20. The molecule has 76 valence electrons. The van der Waals surface area contributed by atoms with Crippen molar-refractivity contribution in [3.63, 3.8) is 0 Å². The minimum atomic E-state index is 0. The van der Waals surface area contributed by atoms with Crippen LogP contribution in [0.3, 0.4) is 0 Å². The van der Waals surface area contributed by atoms with Gasteiger partial charge in [0.2, 0.25) is 0 Å². The van der Waals surface area contributed by atoms with E-state index in [1.54, 1.807) is 0 Å². The molecule has 0 spiro atoms. The van der Waals surface area contributed by atoms with E-state index in [1.165, 1.54) is 25.1 Å². The number of hydrogen-bond acceptors (Lipinski definition) is 0. The maximum atomic E-state index is 3.28. The number of unbranched alkanes of at least 4 members (excludes halogenated alkanes) is 1. The summed E-state index contributed by atoms with van der Waals surface area (Å²) in [5.41, 5.74) is 0. The highest BCUT2D eigenvalue weighted by Gasteiger charge is 2.07. The first-order valence-electron chi connectivity index (χ1n) is 4.94. The Hall–Kier alpha value is -0.500. The van der Waals surface area contributed by atoms with Crippen molar-refractivity contribution in [2.75, 3.05) is 0 Å². The molecule has 1 heterocycles. The molecule has 1 aromatic heterocycles. The zero-order valence-corrected chi connectivity index (χ0v) is 9.27. The van der Waals surface area contributed by atoms with Crippen molar-refractivity contribution in [1.29, 1.82) is 0 Å². The maximum Gasteiger partial charge on any atom is 0.254 e. The largest absolute Gasteiger partial charge is 1.00 e. The fraction of sp³-hybridized carbons (Fsp3) is 0.700. The van der Waals surface area contributed by atoms with E-state index in [0.29, 0.717) is 0 Å². The highest BCUT2D eigenvalue weighted by atomic mass is 35.5. The summed E-state index contributed by atoms with van der Waals surface area (Å²) < 4.78 is 2.33. The van der Waals surface area contributed by atoms with Crippen molar-refractivity contribution in [1.82, 2.24) is 4.98 Å². The topological polar surface area (TPSA) is 19.7 Å². The summed E-state index contributed by atoms with van der Waals surface area (Å²) in [4.78, 5) is 3.28. The van der Waals surface area contributed by atoms with Crippen molar-refractivity contribution in [2.24, 2.45) is 0 Å². The van der Waals surface area contributed by atoms with E-state index in [1.807, 2.05) is 6.20 Å². The number of H-pyrrole nitrogens is 1. The average molecular weight is 203 g/mol. The van der Waals surface area contributed by atoms with Crippen molar-refractivity contribution in [3.8, 4) is 0 Å². The Labute approximate surface area is 86.8 Å². The van der Waals surface area contributed by atoms with Crippen molar-refractivity contribution in [2.45, 2.75) is 46.1 Å². The van der Waals surface area contributed by atoms with Crippen LogP contribution in [-0.4, -0.2) is 4.98 Å². The lowest BCUT2D eigenvalue weighted by Gasteiger charge is -1.97. The van der Waals surface area contributed by atoms with Crippen molar-refractivity contribution >= 4 is 0 Å². The summed E-state index contributed by atoms with van der Waals surface area (Å²) in [6.07, 6.45) is 9.09. The molecule has 0 aliphatic rings. The van der Waals surface area contributed by atoms with Crippen LogP contribution in [0.25, 0.3) is 0 Å². The molecule has 1 N–H and O–H groups in total. The molecule has 0 aliphatic heterocycles. The third kappa shape index (κ3) is 3.81. The molecule has 1 rings (SSSR count). The molecule has 0 unspecified atom stereocenters. The molecule has 0 atom stereocenters. The van der Waals surface area contributed by atoms with Crippen molar-refractivity contribution in [3.05, 3.63) is 18.2 Å². The second-order valence-electron chi connectivity index (χ2n) is 3.20. The van der Waals surface area contributed by atoms with E-state index in [4.69, 9.17) is 0 Å². The standard InChI is InChI=1S/C10H18N2.ClH/c1-3-5-8-12-9-7-11-10(12)6-4-2;/h7,9H,3-6,8H2,1-2H3;1H. The third-order valence-corrected chi connectivity index (χ3v) is 2.09. The van der Waals surface area contributed by atoms with Crippen LogP contribution in [0.5, 0.6) is 0 Å². The monoisotopic (exact) mass is 202 g/mol. The van der Waals surface area contributed by atoms with Crippen LogP contribution in [0.15, 0.2) is 12.4 Å². The number of aromatic amines is 1. The first-order chi connectivity index (χ1) is 5.88. The number of aryl methyl sites for hydroxylation is 2. The quantitative estimate of drug-likeness (QED) is 0.595. The Balaban J connectivity index is 0.00000144. The van der Waals surface area contributed by atoms with Gasteiger partial charge in [0.15, 0.2) is 0 Å². The van der Waals surface area contributed by atoms with Gasteiger partial charge in [-0.2, -0.15) is 0 Å². The molecule has 0 radical (unpaired) electrons. The second kappa shape index (κ2) is 6.96. The number of rotatable bonds is 5. The van der Waals surface area contributed by atoms with Gasteiger partial charge in [0, 0.05) is 6.42 Å². The Morgan fingerprint density at radius 1 is 1.31 bits per heavy atom. The van der Waals surface area contributed by atoms with Crippen molar-refractivity contribution < 1.29 is 17.0 Å². The highest BCUT2D eigenvalue weighted by Crippen LogP contribution is 1.94. The minimum Gasteiger partial charge on any atom is -1.00 e. The molecule has 13 heavy (non-hydrogen) atoms.